The number of rotatable bonds is 4. The molecule has 0 atom stereocenters. The van der Waals surface area contributed by atoms with E-state index < -0.39 is 22.8 Å². The van der Waals surface area contributed by atoms with Crippen molar-refractivity contribution in [1.82, 2.24) is 14.7 Å². The number of aromatic hydroxyl groups is 1. The lowest BCUT2D eigenvalue weighted by Gasteiger charge is -2.13. The van der Waals surface area contributed by atoms with Gasteiger partial charge in [0, 0.05) is 6.20 Å². The van der Waals surface area contributed by atoms with E-state index in [9.17, 15) is 19.8 Å². The van der Waals surface area contributed by atoms with Crippen LogP contribution in [0.1, 0.15) is 21.7 Å². The molecule has 122 valence electrons. The number of carbonyl (C=O) groups is 1. The number of aromatic nitrogens is 3. The van der Waals surface area contributed by atoms with Gasteiger partial charge in [-0.3, -0.25) is 4.79 Å². The molecule has 0 amide bonds. The number of aromatic carboxylic acids is 1. The Kier molecular flexibility index (Phi) is 3.87. The molecule has 0 unspecified atom stereocenters. The largest absolute Gasteiger partial charge is 0.506 e. The maximum absolute atomic E-state index is 12.4. The molecule has 24 heavy (non-hydrogen) atoms. The summed E-state index contributed by atoms with van der Waals surface area (Å²) in [6, 6.07) is 9.06. The molecular formula is C16H13N3O5. The van der Waals surface area contributed by atoms with Crippen LogP contribution < -0.4 is 10.4 Å². The standard InChI is InChI=1S/C16H13N3O5/c1-9-17-7-11-13(20)12(16(22)23)15(21)19(14(11)18-9)24-8-10-5-3-2-4-6-10/h2-7,20H,8H2,1H3,(H,22,23). The summed E-state index contributed by atoms with van der Waals surface area (Å²) in [4.78, 5) is 37.2. The van der Waals surface area contributed by atoms with Gasteiger partial charge in [0.05, 0.1) is 5.39 Å². The van der Waals surface area contributed by atoms with E-state index in [1.807, 2.05) is 18.2 Å². The smallest absolute Gasteiger partial charge is 0.345 e. The van der Waals surface area contributed by atoms with Crippen molar-refractivity contribution < 1.29 is 19.8 Å². The Balaban J connectivity index is 2.19. The predicted molar refractivity (Wildman–Crippen MR) is 83.9 cm³/mol. The number of hydrogen-bond acceptors (Lipinski definition) is 6. The predicted octanol–water partition coefficient (Wildman–Crippen LogP) is 1.13. The Morgan fingerprint density at radius 2 is 2.00 bits per heavy atom. The first-order valence-corrected chi connectivity index (χ1v) is 7.01. The number of fused-ring (bicyclic) bond motifs is 1. The lowest BCUT2D eigenvalue weighted by molar-refractivity contribution is 0.0672. The van der Waals surface area contributed by atoms with Crippen LogP contribution in [0.25, 0.3) is 11.0 Å². The fraction of sp³-hybridized carbons (Fsp3) is 0.125. The Hall–Kier alpha value is -3.42. The van der Waals surface area contributed by atoms with Gasteiger partial charge in [0.25, 0.3) is 0 Å². The summed E-state index contributed by atoms with van der Waals surface area (Å²) in [6.07, 6.45) is 1.25. The number of aryl methyl sites for hydroxylation is 1. The van der Waals surface area contributed by atoms with Crippen LogP contribution in [0.3, 0.4) is 0 Å². The number of pyridine rings is 1. The topological polar surface area (TPSA) is 115 Å². The molecule has 3 rings (SSSR count). The molecule has 0 radical (unpaired) electrons. The summed E-state index contributed by atoms with van der Waals surface area (Å²) in [7, 11) is 0. The van der Waals surface area contributed by atoms with Gasteiger partial charge < -0.3 is 15.1 Å². The molecule has 2 heterocycles. The molecule has 8 nitrogen and oxygen atoms in total. The minimum absolute atomic E-state index is 0.00549. The Morgan fingerprint density at radius 1 is 1.29 bits per heavy atom. The molecule has 3 aromatic rings. The highest BCUT2D eigenvalue weighted by Gasteiger charge is 2.23. The van der Waals surface area contributed by atoms with Gasteiger partial charge in [-0.05, 0) is 12.5 Å². The minimum Gasteiger partial charge on any atom is -0.506 e. The molecule has 0 saturated heterocycles. The number of hydrogen-bond donors (Lipinski definition) is 2. The number of benzene rings is 1. The summed E-state index contributed by atoms with van der Waals surface area (Å²) < 4.78 is 0.778. The lowest BCUT2D eigenvalue weighted by Crippen LogP contribution is -2.32. The van der Waals surface area contributed by atoms with Crippen molar-refractivity contribution in [2.24, 2.45) is 0 Å². The maximum Gasteiger partial charge on any atom is 0.345 e. The van der Waals surface area contributed by atoms with E-state index >= 15 is 0 Å². The van der Waals surface area contributed by atoms with Crippen molar-refractivity contribution in [3.8, 4) is 5.75 Å². The van der Waals surface area contributed by atoms with Crippen molar-refractivity contribution in [3.63, 3.8) is 0 Å². The fourth-order valence-corrected chi connectivity index (χ4v) is 2.24. The van der Waals surface area contributed by atoms with Crippen LogP contribution >= 0.6 is 0 Å². The van der Waals surface area contributed by atoms with Gasteiger partial charge in [0.15, 0.2) is 11.2 Å². The second kappa shape index (κ2) is 5.99. The first-order valence-electron chi connectivity index (χ1n) is 7.01. The summed E-state index contributed by atoms with van der Waals surface area (Å²) in [5.41, 5.74) is -0.997. The summed E-state index contributed by atoms with van der Waals surface area (Å²) in [5.74, 6) is -1.89. The van der Waals surface area contributed by atoms with E-state index in [2.05, 4.69) is 9.97 Å². The highest BCUT2D eigenvalue weighted by molar-refractivity contribution is 5.97. The third-order valence-corrected chi connectivity index (χ3v) is 3.39. The summed E-state index contributed by atoms with van der Waals surface area (Å²) >= 11 is 0. The van der Waals surface area contributed by atoms with Gasteiger partial charge in [-0.2, -0.15) is 0 Å². The van der Waals surface area contributed by atoms with Crippen molar-refractivity contribution in [1.29, 1.82) is 0 Å². The summed E-state index contributed by atoms with van der Waals surface area (Å²) in [6.45, 7) is 1.64. The second-order valence-corrected chi connectivity index (χ2v) is 5.04. The minimum atomic E-state index is -1.56. The number of nitrogens with zero attached hydrogens (tertiary/aromatic N) is 3. The molecule has 0 bridgehead atoms. The zero-order valence-corrected chi connectivity index (χ0v) is 12.6. The van der Waals surface area contributed by atoms with Gasteiger partial charge in [0.2, 0.25) is 0 Å². The average Bonchev–Trinajstić information content (AvgIpc) is 2.55. The van der Waals surface area contributed by atoms with Crippen molar-refractivity contribution in [2.75, 3.05) is 0 Å². The molecule has 0 fully saturated rings. The van der Waals surface area contributed by atoms with Crippen LogP contribution in [0.2, 0.25) is 0 Å². The van der Waals surface area contributed by atoms with Crippen LogP contribution in [0, 0.1) is 6.92 Å². The Labute approximate surface area is 135 Å². The van der Waals surface area contributed by atoms with Gasteiger partial charge in [-0.1, -0.05) is 30.3 Å². The van der Waals surface area contributed by atoms with Crippen LogP contribution in [0.15, 0.2) is 41.3 Å². The van der Waals surface area contributed by atoms with E-state index in [1.165, 1.54) is 6.20 Å². The van der Waals surface area contributed by atoms with Crippen LogP contribution in [-0.4, -0.2) is 30.9 Å². The molecule has 0 saturated carbocycles. The Morgan fingerprint density at radius 3 is 2.67 bits per heavy atom. The normalized spacial score (nSPS) is 10.7. The van der Waals surface area contributed by atoms with Crippen LogP contribution in [-0.2, 0) is 6.61 Å². The van der Waals surface area contributed by atoms with Gasteiger partial charge in [0.1, 0.15) is 18.2 Å². The van der Waals surface area contributed by atoms with Gasteiger partial charge in [-0.25, -0.2) is 14.8 Å². The quantitative estimate of drug-likeness (QED) is 0.738. The van der Waals surface area contributed by atoms with Crippen LogP contribution in [0.5, 0.6) is 5.75 Å². The van der Waals surface area contributed by atoms with Crippen molar-refractivity contribution >= 4 is 17.0 Å². The van der Waals surface area contributed by atoms with E-state index in [1.54, 1.807) is 19.1 Å². The molecule has 2 aromatic heterocycles. The third-order valence-electron chi connectivity index (χ3n) is 3.39. The first-order chi connectivity index (χ1) is 11.5. The lowest BCUT2D eigenvalue weighted by atomic mass is 10.2. The fourth-order valence-electron chi connectivity index (χ4n) is 2.24. The van der Waals surface area contributed by atoms with E-state index in [-0.39, 0.29) is 17.6 Å². The monoisotopic (exact) mass is 327 g/mol. The van der Waals surface area contributed by atoms with Crippen LogP contribution in [0.4, 0.5) is 0 Å². The highest BCUT2D eigenvalue weighted by atomic mass is 16.7. The zero-order chi connectivity index (χ0) is 17.3. The number of carboxylic acids is 1. The molecule has 0 aliphatic heterocycles. The van der Waals surface area contributed by atoms with Crippen molar-refractivity contribution in [2.45, 2.75) is 13.5 Å². The van der Waals surface area contributed by atoms with Crippen molar-refractivity contribution in [3.05, 3.63) is 63.8 Å². The molecule has 0 aliphatic rings. The average molecular weight is 327 g/mol. The van der Waals surface area contributed by atoms with Gasteiger partial charge in [-0.15, -0.1) is 4.73 Å². The molecule has 1 aromatic carbocycles. The molecule has 2 N–H and O–H groups in total. The molecule has 0 spiro atoms. The highest BCUT2D eigenvalue weighted by Crippen LogP contribution is 2.24. The first kappa shape index (κ1) is 15.5. The maximum atomic E-state index is 12.4. The third kappa shape index (κ3) is 2.65. The van der Waals surface area contributed by atoms with E-state index in [0.29, 0.717) is 5.82 Å². The second-order valence-electron chi connectivity index (χ2n) is 5.04. The molecular weight excluding hydrogens is 314 g/mol. The number of carboxylic acid groups (broad SMARTS) is 1. The van der Waals surface area contributed by atoms with E-state index in [4.69, 9.17) is 4.84 Å². The molecule has 8 heteroatoms. The Bertz CT molecular complexity index is 982. The van der Waals surface area contributed by atoms with E-state index in [0.717, 1.165) is 10.3 Å². The SMILES string of the molecule is Cc1ncc2c(O)c(C(=O)O)c(=O)n(OCc3ccccc3)c2n1. The van der Waals surface area contributed by atoms with Gasteiger partial charge >= 0.3 is 11.5 Å². The summed E-state index contributed by atoms with van der Waals surface area (Å²) in [5, 5.41) is 19.3. The zero-order valence-electron chi connectivity index (χ0n) is 12.6. The molecule has 0 aliphatic carbocycles.